The summed E-state index contributed by atoms with van der Waals surface area (Å²) in [5.74, 6) is 1.72. The molecular weight excluding hydrogens is 438 g/mol. The number of aliphatic hydroxyl groups excluding tert-OH is 1. The molecule has 0 bridgehead atoms. The number of benzene rings is 2. The number of thiophene rings is 1. The zero-order valence-electron chi connectivity index (χ0n) is 16.7. The average molecular weight is 464 g/mol. The Bertz CT molecular complexity index is 914. The number of nitrogens with zero attached hydrogens (tertiary/aromatic N) is 1. The van der Waals surface area contributed by atoms with Gasteiger partial charge in [0.1, 0.15) is 17.8 Å². The van der Waals surface area contributed by atoms with Gasteiger partial charge >= 0.3 is 6.09 Å². The standard InChI is InChI=1S/C22H25NO4S3/c1-23(22(25)26-16-30-29-15-13-24)12-11-20(21-10-5-14-28-21)27-19-9-4-7-17-6-2-3-8-18(17)19/h2-10,14,20,24H,11-13,15-16H2,1H3/t20-/m0/s1. The molecule has 8 heteroatoms. The van der Waals surface area contributed by atoms with E-state index in [9.17, 15) is 4.79 Å². The minimum atomic E-state index is -0.359. The lowest BCUT2D eigenvalue weighted by molar-refractivity contribution is 0.119. The van der Waals surface area contributed by atoms with Crippen LogP contribution in [0, 0.1) is 0 Å². The lowest BCUT2D eigenvalue weighted by Gasteiger charge is -2.22. The van der Waals surface area contributed by atoms with Crippen molar-refractivity contribution < 1.29 is 19.4 Å². The largest absolute Gasteiger partial charge is 0.484 e. The number of carbonyl (C=O) groups is 1. The lowest BCUT2D eigenvalue weighted by Crippen LogP contribution is -2.29. The van der Waals surface area contributed by atoms with Crippen molar-refractivity contribution in [1.82, 2.24) is 4.90 Å². The highest BCUT2D eigenvalue weighted by Gasteiger charge is 2.19. The third-order valence-corrected chi connectivity index (χ3v) is 7.39. The second-order valence-corrected chi connectivity index (χ2v) is 10.0. The third kappa shape index (κ3) is 6.57. The fourth-order valence-electron chi connectivity index (χ4n) is 2.90. The number of hydrogen-bond donors (Lipinski definition) is 1. The molecule has 3 aromatic rings. The van der Waals surface area contributed by atoms with Gasteiger partial charge in [-0.3, -0.25) is 0 Å². The number of carbonyl (C=O) groups excluding carboxylic acids is 1. The van der Waals surface area contributed by atoms with E-state index in [1.165, 1.54) is 21.6 Å². The number of hydrogen-bond acceptors (Lipinski definition) is 7. The van der Waals surface area contributed by atoms with Crippen LogP contribution in [0.25, 0.3) is 10.8 Å². The first kappa shape index (κ1) is 22.8. The van der Waals surface area contributed by atoms with Crippen LogP contribution in [0.2, 0.25) is 0 Å². The maximum atomic E-state index is 12.2. The summed E-state index contributed by atoms with van der Waals surface area (Å²) in [4.78, 5) is 14.9. The first-order valence-corrected chi connectivity index (χ1v) is 13.0. The quantitative estimate of drug-likeness (QED) is 0.220. The zero-order valence-corrected chi connectivity index (χ0v) is 19.2. The first-order chi connectivity index (χ1) is 14.7. The molecule has 0 saturated carbocycles. The van der Waals surface area contributed by atoms with E-state index in [2.05, 4.69) is 24.3 Å². The molecule has 0 radical (unpaired) electrons. The Balaban J connectivity index is 1.60. The molecule has 0 saturated heterocycles. The molecule has 0 unspecified atom stereocenters. The number of ether oxygens (including phenoxy) is 2. The minimum absolute atomic E-state index is 0.117. The molecule has 0 fully saturated rings. The Morgan fingerprint density at radius 2 is 1.97 bits per heavy atom. The maximum absolute atomic E-state index is 12.2. The van der Waals surface area contributed by atoms with Crippen molar-refractivity contribution in [2.75, 3.05) is 31.9 Å². The van der Waals surface area contributed by atoms with Crippen molar-refractivity contribution in [2.24, 2.45) is 0 Å². The molecule has 0 aliphatic rings. The van der Waals surface area contributed by atoms with Crippen LogP contribution >= 0.6 is 32.9 Å². The van der Waals surface area contributed by atoms with Crippen molar-refractivity contribution in [3.63, 3.8) is 0 Å². The van der Waals surface area contributed by atoms with E-state index >= 15 is 0 Å². The van der Waals surface area contributed by atoms with Gasteiger partial charge in [0.05, 0.1) is 6.61 Å². The Labute approximate surface area is 188 Å². The highest BCUT2D eigenvalue weighted by atomic mass is 33.1. The maximum Gasteiger partial charge on any atom is 0.410 e. The summed E-state index contributed by atoms with van der Waals surface area (Å²) < 4.78 is 11.7. The molecule has 1 atom stereocenters. The SMILES string of the molecule is CN(CC[C@H](Oc1cccc2ccccc12)c1cccs1)C(=O)OCSSCCO. The van der Waals surface area contributed by atoms with Crippen molar-refractivity contribution in [1.29, 1.82) is 0 Å². The molecule has 3 rings (SSSR count). The van der Waals surface area contributed by atoms with Crippen LogP contribution in [0.5, 0.6) is 5.75 Å². The van der Waals surface area contributed by atoms with Crippen LogP contribution in [-0.2, 0) is 4.74 Å². The Morgan fingerprint density at radius 1 is 1.13 bits per heavy atom. The predicted molar refractivity (Wildman–Crippen MR) is 127 cm³/mol. The van der Waals surface area contributed by atoms with Gasteiger partial charge in [0.2, 0.25) is 0 Å². The highest BCUT2D eigenvalue weighted by Crippen LogP contribution is 2.33. The average Bonchev–Trinajstić information content (AvgIpc) is 3.31. The fourth-order valence-corrected chi connectivity index (χ4v) is 5.03. The van der Waals surface area contributed by atoms with Crippen molar-refractivity contribution in [3.05, 3.63) is 64.9 Å². The van der Waals surface area contributed by atoms with Crippen LogP contribution < -0.4 is 4.74 Å². The van der Waals surface area contributed by atoms with Gasteiger partial charge < -0.3 is 19.5 Å². The molecule has 2 aromatic carbocycles. The van der Waals surface area contributed by atoms with Gasteiger partial charge in [0.25, 0.3) is 0 Å². The van der Waals surface area contributed by atoms with E-state index in [1.807, 2.05) is 35.7 Å². The molecular formula is C22H25NO4S3. The van der Waals surface area contributed by atoms with E-state index in [0.29, 0.717) is 18.7 Å². The van der Waals surface area contributed by atoms with Gasteiger partial charge in [-0.1, -0.05) is 64.1 Å². The summed E-state index contributed by atoms with van der Waals surface area (Å²) in [5.41, 5.74) is 0. The van der Waals surface area contributed by atoms with Crippen LogP contribution in [0.15, 0.2) is 60.0 Å². The normalized spacial score (nSPS) is 11.9. The molecule has 1 heterocycles. The number of rotatable bonds is 11. The van der Waals surface area contributed by atoms with Crippen LogP contribution in [-0.4, -0.2) is 48.0 Å². The second-order valence-electron chi connectivity index (χ2n) is 6.50. The van der Waals surface area contributed by atoms with Gasteiger partial charge in [-0.15, -0.1) is 11.3 Å². The summed E-state index contributed by atoms with van der Waals surface area (Å²) in [6.07, 6.45) is 0.143. The van der Waals surface area contributed by atoms with Gasteiger partial charge in [0, 0.05) is 36.0 Å². The molecule has 0 spiro atoms. The van der Waals surface area contributed by atoms with Gasteiger partial charge in [0.15, 0.2) is 0 Å². The van der Waals surface area contributed by atoms with Crippen molar-refractivity contribution in [3.8, 4) is 5.75 Å². The number of fused-ring (bicyclic) bond motifs is 1. The van der Waals surface area contributed by atoms with Crippen LogP contribution in [0.4, 0.5) is 4.79 Å². The lowest BCUT2D eigenvalue weighted by atomic mass is 10.1. The van der Waals surface area contributed by atoms with Crippen molar-refractivity contribution in [2.45, 2.75) is 12.5 Å². The molecule has 0 aliphatic heterocycles. The third-order valence-electron chi connectivity index (χ3n) is 4.41. The van der Waals surface area contributed by atoms with Gasteiger partial charge in [-0.05, 0) is 22.9 Å². The molecule has 1 amide bonds. The topological polar surface area (TPSA) is 59.0 Å². The number of aliphatic hydroxyl groups is 1. The van der Waals surface area contributed by atoms with Crippen molar-refractivity contribution >= 4 is 49.8 Å². The Morgan fingerprint density at radius 3 is 2.77 bits per heavy atom. The molecule has 1 aromatic heterocycles. The highest BCUT2D eigenvalue weighted by molar-refractivity contribution is 8.76. The fraction of sp³-hybridized carbons (Fsp3) is 0.318. The van der Waals surface area contributed by atoms with E-state index in [-0.39, 0.29) is 24.7 Å². The number of amides is 1. The monoisotopic (exact) mass is 463 g/mol. The summed E-state index contributed by atoms with van der Waals surface area (Å²) in [6.45, 7) is 0.632. The van der Waals surface area contributed by atoms with E-state index in [1.54, 1.807) is 23.3 Å². The summed E-state index contributed by atoms with van der Waals surface area (Å²) in [7, 11) is 4.62. The Kier molecular flexibility index (Phi) is 9.20. The van der Waals surface area contributed by atoms with Crippen LogP contribution in [0.1, 0.15) is 17.4 Å². The summed E-state index contributed by atoms with van der Waals surface area (Å²) in [6, 6.07) is 18.3. The van der Waals surface area contributed by atoms with Gasteiger partial charge in [-0.2, -0.15) is 0 Å². The summed E-state index contributed by atoms with van der Waals surface area (Å²) in [5, 5.41) is 13.0. The van der Waals surface area contributed by atoms with E-state index in [4.69, 9.17) is 14.6 Å². The zero-order chi connectivity index (χ0) is 21.2. The van der Waals surface area contributed by atoms with Crippen LogP contribution in [0.3, 0.4) is 0 Å². The first-order valence-electron chi connectivity index (χ1n) is 9.60. The Hall–Kier alpha value is -1.87. The molecule has 30 heavy (non-hydrogen) atoms. The molecule has 5 nitrogen and oxygen atoms in total. The predicted octanol–water partition coefficient (Wildman–Crippen LogP) is 5.81. The van der Waals surface area contributed by atoms with Gasteiger partial charge in [-0.25, -0.2) is 4.79 Å². The van der Waals surface area contributed by atoms with E-state index in [0.717, 1.165) is 21.4 Å². The molecule has 1 N–H and O–H groups in total. The minimum Gasteiger partial charge on any atom is -0.484 e. The smallest absolute Gasteiger partial charge is 0.410 e. The summed E-state index contributed by atoms with van der Waals surface area (Å²) >= 11 is 1.65. The molecule has 160 valence electrons. The molecule has 0 aliphatic carbocycles. The van der Waals surface area contributed by atoms with E-state index < -0.39 is 0 Å². The second kappa shape index (κ2) is 12.1.